The molecule has 1 aromatic heterocycles. The van der Waals surface area contributed by atoms with Crippen molar-refractivity contribution in [1.29, 1.82) is 0 Å². The zero-order valence-electron chi connectivity index (χ0n) is 12.9. The van der Waals surface area contributed by atoms with Gasteiger partial charge in [0.05, 0.1) is 0 Å². The minimum Gasteiger partial charge on any atom is -0.386 e. The van der Waals surface area contributed by atoms with Crippen LogP contribution in [0.3, 0.4) is 0 Å². The molecule has 1 aliphatic rings. The zero-order valence-corrected chi connectivity index (χ0v) is 12.9. The van der Waals surface area contributed by atoms with Gasteiger partial charge in [-0.2, -0.15) is 4.98 Å². The number of alkyl halides is 1. The summed E-state index contributed by atoms with van der Waals surface area (Å²) >= 11 is 0. The van der Waals surface area contributed by atoms with E-state index in [0.717, 1.165) is 10.1 Å². The standard InChI is InChI=1S/C16H18FN3O4/c1-8-4-2-3-5-9(8)12(21)14-11(17)13(22)15(24-14)20-7-6-10(18)19-16(20)23/h2-7,11-15,21-22H,1H3,(H2,18,19,23)/t11-,12?,13+,14-,15+/m0/s1. The average molecular weight is 335 g/mol. The molecule has 128 valence electrons. The maximum absolute atomic E-state index is 14.5. The molecule has 0 spiro atoms. The Kier molecular flexibility index (Phi) is 4.35. The van der Waals surface area contributed by atoms with Crippen molar-refractivity contribution in [2.75, 3.05) is 5.73 Å². The van der Waals surface area contributed by atoms with Crippen molar-refractivity contribution in [3.8, 4) is 0 Å². The van der Waals surface area contributed by atoms with E-state index in [1.54, 1.807) is 31.2 Å². The van der Waals surface area contributed by atoms with Crippen LogP contribution in [0.5, 0.6) is 0 Å². The molecule has 1 fully saturated rings. The molecule has 0 saturated carbocycles. The number of anilines is 1. The Morgan fingerprint density at radius 2 is 2.08 bits per heavy atom. The third-order valence-electron chi connectivity index (χ3n) is 4.17. The molecule has 4 N–H and O–H groups in total. The Morgan fingerprint density at radius 1 is 1.38 bits per heavy atom. The second kappa shape index (κ2) is 6.31. The summed E-state index contributed by atoms with van der Waals surface area (Å²) < 4.78 is 20.9. The topological polar surface area (TPSA) is 111 Å². The van der Waals surface area contributed by atoms with Gasteiger partial charge >= 0.3 is 5.69 Å². The van der Waals surface area contributed by atoms with Crippen LogP contribution in [-0.4, -0.2) is 38.1 Å². The van der Waals surface area contributed by atoms with Crippen molar-refractivity contribution in [3.63, 3.8) is 0 Å². The number of benzene rings is 1. The molecular formula is C16H18FN3O4. The van der Waals surface area contributed by atoms with Gasteiger partial charge in [-0.05, 0) is 24.1 Å². The summed E-state index contributed by atoms with van der Waals surface area (Å²) in [5, 5.41) is 20.6. The van der Waals surface area contributed by atoms with Crippen molar-refractivity contribution in [1.82, 2.24) is 9.55 Å². The average Bonchev–Trinajstić information content (AvgIpc) is 2.83. The predicted octanol–water partition coefficient (Wildman–Crippen LogP) is 0.464. The monoisotopic (exact) mass is 335 g/mol. The second-order valence-corrected chi connectivity index (χ2v) is 5.77. The van der Waals surface area contributed by atoms with E-state index in [2.05, 4.69) is 4.98 Å². The smallest absolute Gasteiger partial charge is 0.351 e. The molecule has 0 aliphatic carbocycles. The molecule has 1 unspecified atom stereocenters. The first-order valence-electron chi connectivity index (χ1n) is 7.46. The summed E-state index contributed by atoms with van der Waals surface area (Å²) in [6.45, 7) is 1.78. The maximum Gasteiger partial charge on any atom is 0.351 e. The highest BCUT2D eigenvalue weighted by molar-refractivity contribution is 5.29. The van der Waals surface area contributed by atoms with Gasteiger partial charge in [-0.3, -0.25) is 4.57 Å². The number of rotatable bonds is 3. The van der Waals surface area contributed by atoms with Crippen LogP contribution in [0.2, 0.25) is 0 Å². The van der Waals surface area contributed by atoms with E-state index in [1.165, 1.54) is 12.3 Å². The molecule has 1 aromatic carbocycles. The largest absolute Gasteiger partial charge is 0.386 e. The highest BCUT2D eigenvalue weighted by Gasteiger charge is 2.49. The van der Waals surface area contributed by atoms with E-state index in [0.29, 0.717) is 5.56 Å². The quantitative estimate of drug-likeness (QED) is 0.752. The van der Waals surface area contributed by atoms with Gasteiger partial charge in [-0.25, -0.2) is 9.18 Å². The minimum absolute atomic E-state index is 0.0111. The van der Waals surface area contributed by atoms with Crippen molar-refractivity contribution < 1.29 is 19.3 Å². The zero-order chi connectivity index (χ0) is 17.4. The third kappa shape index (κ3) is 2.79. The Labute approximate surface area is 137 Å². The van der Waals surface area contributed by atoms with Gasteiger partial charge in [0.25, 0.3) is 0 Å². The summed E-state index contributed by atoms with van der Waals surface area (Å²) in [5.41, 5.74) is 5.92. The highest BCUT2D eigenvalue weighted by Crippen LogP contribution is 2.37. The summed E-state index contributed by atoms with van der Waals surface area (Å²) in [6, 6.07) is 8.30. The number of nitrogens with two attached hydrogens (primary N) is 1. The molecular weight excluding hydrogens is 317 g/mol. The predicted molar refractivity (Wildman–Crippen MR) is 83.9 cm³/mol. The first-order valence-corrected chi connectivity index (χ1v) is 7.46. The number of ether oxygens (including phenoxy) is 1. The first-order chi connectivity index (χ1) is 11.4. The molecule has 1 saturated heterocycles. The third-order valence-corrected chi connectivity index (χ3v) is 4.17. The highest BCUT2D eigenvalue weighted by atomic mass is 19.1. The molecule has 1 aliphatic heterocycles. The number of aryl methyl sites for hydroxylation is 1. The normalized spacial score (nSPS) is 28.0. The summed E-state index contributed by atoms with van der Waals surface area (Å²) in [6.07, 6.45) is -6.09. The maximum atomic E-state index is 14.5. The summed E-state index contributed by atoms with van der Waals surface area (Å²) in [5.74, 6) is 0.0111. The number of aliphatic hydroxyl groups excluding tert-OH is 2. The Balaban J connectivity index is 1.90. The number of nitrogen functional groups attached to an aromatic ring is 1. The molecule has 2 heterocycles. The van der Waals surface area contributed by atoms with Gasteiger partial charge < -0.3 is 20.7 Å². The van der Waals surface area contributed by atoms with Crippen LogP contribution in [0.4, 0.5) is 10.2 Å². The van der Waals surface area contributed by atoms with Gasteiger partial charge in [0.2, 0.25) is 0 Å². The molecule has 24 heavy (non-hydrogen) atoms. The molecule has 0 amide bonds. The van der Waals surface area contributed by atoms with E-state index in [-0.39, 0.29) is 5.82 Å². The van der Waals surface area contributed by atoms with Crippen LogP contribution in [0.25, 0.3) is 0 Å². The second-order valence-electron chi connectivity index (χ2n) is 5.77. The fourth-order valence-corrected chi connectivity index (χ4v) is 2.86. The number of hydrogen-bond acceptors (Lipinski definition) is 6. The first kappa shape index (κ1) is 16.6. The summed E-state index contributed by atoms with van der Waals surface area (Å²) in [7, 11) is 0. The van der Waals surface area contributed by atoms with Crippen molar-refractivity contribution in [2.24, 2.45) is 0 Å². The minimum atomic E-state index is -1.87. The van der Waals surface area contributed by atoms with Gasteiger partial charge in [-0.15, -0.1) is 0 Å². The van der Waals surface area contributed by atoms with Crippen molar-refractivity contribution >= 4 is 5.82 Å². The Hall–Kier alpha value is -2.29. The van der Waals surface area contributed by atoms with Gasteiger partial charge in [0.15, 0.2) is 12.4 Å². The van der Waals surface area contributed by atoms with E-state index in [9.17, 15) is 19.4 Å². The molecule has 0 bridgehead atoms. The number of nitrogens with zero attached hydrogens (tertiary/aromatic N) is 2. The van der Waals surface area contributed by atoms with Crippen LogP contribution >= 0.6 is 0 Å². The fraction of sp³-hybridized carbons (Fsp3) is 0.375. The van der Waals surface area contributed by atoms with Gasteiger partial charge in [-0.1, -0.05) is 24.3 Å². The van der Waals surface area contributed by atoms with E-state index < -0.39 is 36.4 Å². The SMILES string of the molecule is Cc1ccccc1C(O)[C@H]1O[C@@H](n2ccc(N)nc2=O)[C@H](O)[C@@H]1F. The summed E-state index contributed by atoms with van der Waals surface area (Å²) in [4.78, 5) is 15.4. The van der Waals surface area contributed by atoms with E-state index >= 15 is 0 Å². The van der Waals surface area contributed by atoms with Gasteiger partial charge in [0.1, 0.15) is 24.1 Å². The lowest BCUT2D eigenvalue weighted by molar-refractivity contribution is -0.0825. The molecule has 7 nitrogen and oxygen atoms in total. The Bertz CT molecular complexity index is 797. The molecule has 5 atom stereocenters. The van der Waals surface area contributed by atoms with Crippen LogP contribution in [0.1, 0.15) is 23.5 Å². The molecule has 0 radical (unpaired) electrons. The lowest BCUT2D eigenvalue weighted by Gasteiger charge is -2.22. The van der Waals surface area contributed by atoms with Crippen LogP contribution in [0.15, 0.2) is 41.3 Å². The molecule has 8 heteroatoms. The Morgan fingerprint density at radius 3 is 2.75 bits per heavy atom. The number of aromatic nitrogens is 2. The van der Waals surface area contributed by atoms with Crippen LogP contribution in [-0.2, 0) is 4.74 Å². The van der Waals surface area contributed by atoms with Crippen molar-refractivity contribution in [3.05, 3.63) is 58.1 Å². The molecule has 2 aromatic rings. The lowest BCUT2D eigenvalue weighted by atomic mass is 9.96. The van der Waals surface area contributed by atoms with E-state index in [1.807, 2.05) is 0 Å². The van der Waals surface area contributed by atoms with Gasteiger partial charge in [0, 0.05) is 6.20 Å². The number of halogens is 1. The number of hydrogen-bond donors (Lipinski definition) is 3. The van der Waals surface area contributed by atoms with Crippen molar-refractivity contribution in [2.45, 2.75) is 37.6 Å². The fourth-order valence-electron chi connectivity index (χ4n) is 2.86. The lowest BCUT2D eigenvalue weighted by Crippen LogP contribution is -2.34. The van der Waals surface area contributed by atoms with E-state index in [4.69, 9.17) is 10.5 Å². The van der Waals surface area contributed by atoms with Crippen LogP contribution < -0.4 is 11.4 Å². The number of aliphatic hydroxyl groups is 2. The molecule has 3 rings (SSSR count). The van der Waals surface area contributed by atoms with Crippen LogP contribution in [0, 0.1) is 6.92 Å².